The first kappa shape index (κ1) is 25.9. The van der Waals surface area contributed by atoms with E-state index in [9.17, 15) is 14.7 Å². The highest BCUT2D eigenvalue weighted by molar-refractivity contribution is 6.46. The number of amides is 1. The topological polar surface area (TPSA) is 89.2 Å². The maximum Gasteiger partial charge on any atom is 0.296 e. The van der Waals surface area contributed by atoms with E-state index in [1.165, 1.54) is 18.3 Å². The minimum absolute atomic E-state index is 0.0185. The fourth-order valence-electron chi connectivity index (χ4n) is 5.02. The summed E-state index contributed by atoms with van der Waals surface area (Å²) in [6, 6.07) is 23.3. The van der Waals surface area contributed by atoms with Crippen molar-refractivity contribution < 1.29 is 28.6 Å². The fraction of sp³-hybridized carbons (Fsp3) is 0.188. The molecule has 0 spiro atoms. The Labute approximate surface area is 226 Å². The number of aliphatic hydroxyl groups is 1. The molecule has 0 saturated carbocycles. The normalized spacial score (nSPS) is 16.5. The number of rotatable bonds is 8. The molecule has 1 aliphatic rings. The number of methoxy groups -OCH3 is 1. The molecular weight excluding hydrogens is 494 g/mol. The number of carbonyl (C=O) groups is 2. The van der Waals surface area contributed by atoms with E-state index >= 15 is 0 Å². The van der Waals surface area contributed by atoms with Crippen LogP contribution in [0.2, 0.25) is 0 Å². The summed E-state index contributed by atoms with van der Waals surface area (Å²) in [6.45, 7) is 4.17. The van der Waals surface area contributed by atoms with Gasteiger partial charge in [0.15, 0.2) is 0 Å². The summed E-state index contributed by atoms with van der Waals surface area (Å²) in [4.78, 5) is 28.3. The number of Topliss-reactive ketones (excluding diaryl/α,β-unsaturated/α-hetero) is 1. The second-order valence-electron chi connectivity index (χ2n) is 9.52. The van der Waals surface area contributed by atoms with Crippen molar-refractivity contribution in [3.05, 3.63) is 124 Å². The van der Waals surface area contributed by atoms with E-state index < -0.39 is 17.7 Å². The van der Waals surface area contributed by atoms with Gasteiger partial charge in [0, 0.05) is 0 Å². The predicted octanol–water partition coefficient (Wildman–Crippen LogP) is 6.11. The third-order valence-electron chi connectivity index (χ3n) is 6.75. The molecule has 1 aliphatic heterocycles. The lowest BCUT2D eigenvalue weighted by atomic mass is 9.93. The van der Waals surface area contributed by atoms with Crippen molar-refractivity contribution >= 4 is 17.4 Å². The molecule has 1 saturated heterocycles. The van der Waals surface area contributed by atoms with Gasteiger partial charge in [-0.05, 0) is 66.4 Å². The molecule has 2 heterocycles. The van der Waals surface area contributed by atoms with E-state index in [2.05, 4.69) is 0 Å². The molecule has 1 fully saturated rings. The molecule has 1 amide bonds. The lowest BCUT2D eigenvalue weighted by molar-refractivity contribution is -0.140. The number of ether oxygens (including phenoxy) is 2. The maximum absolute atomic E-state index is 13.5. The Hall–Kier alpha value is -4.78. The van der Waals surface area contributed by atoms with Crippen LogP contribution < -0.4 is 9.47 Å². The summed E-state index contributed by atoms with van der Waals surface area (Å²) < 4.78 is 17.1. The van der Waals surface area contributed by atoms with Gasteiger partial charge in [0.25, 0.3) is 11.7 Å². The molecule has 0 aliphatic carbocycles. The van der Waals surface area contributed by atoms with E-state index in [1.807, 2.05) is 62.4 Å². The Morgan fingerprint density at radius 1 is 0.974 bits per heavy atom. The molecule has 5 rings (SSSR count). The first-order chi connectivity index (χ1) is 18.9. The second-order valence-corrected chi connectivity index (χ2v) is 9.52. The minimum atomic E-state index is -0.874. The van der Waals surface area contributed by atoms with Crippen molar-refractivity contribution in [3.63, 3.8) is 0 Å². The first-order valence-electron chi connectivity index (χ1n) is 12.6. The lowest BCUT2D eigenvalue weighted by Crippen LogP contribution is -2.29. The number of likely N-dealkylation sites (tertiary alicyclic amines) is 1. The molecule has 1 atom stereocenters. The van der Waals surface area contributed by atoms with Crippen LogP contribution in [0.5, 0.6) is 11.5 Å². The summed E-state index contributed by atoms with van der Waals surface area (Å²) in [7, 11) is 1.51. The highest BCUT2D eigenvalue weighted by Crippen LogP contribution is 2.43. The monoisotopic (exact) mass is 523 g/mol. The molecular formula is C32H29NO6. The first-order valence-corrected chi connectivity index (χ1v) is 12.6. The average molecular weight is 524 g/mol. The van der Waals surface area contributed by atoms with Crippen LogP contribution in [-0.4, -0.2) is 28.8 Å². The molecule has 7 heteroatoms. The van der Waals surface area contributed by atoms with Crippen LogP contribution in [0.3, 0.4) is 0 Å². The summed E-state index contributed by atoms with van der Waals surface area (Å²) in [5.41, 5.74) is 3.65. The zero-order valence-corrected chi connectivity index (χ0v) is 22.0. The summed E-state index contributed by atoms with van der Waals surface area (Å²) in [6.07, 6.45) is 1.51. The van der Waals surface area contributed by atoms with Crippen LogP contribution in [0.15, 0.2) is 95.1 Å². The van der Waals surface area contributed by atoms with E-state index in [4.69, 9.17) is 13.9 Å². The Bertz CT molecular complexity index is 1540. The van der Waals surface area contributed by atoms with Crippen LogP contribution in [0.25, 0.3) is 5.76 Å². The third kappa shape index (κ3) is 5.16. The van der Waals surface area contributed by atoms with Crippen LogP contribution in [0, 0.1) is 13.8 Å². The largest absolute Gasteiger partial charge is 0.507 e. The summed E-state index contributed by atoms with van der Waals surface area (Å²) in [5.74, 6) is -0.266. The zero-order valence-electron chi connectivity index (χ0n) is 22.0. The van der Waals surface area contributed by atoms with Crippen molar-refractivity contribution in [1.82, 2.24) is 4.90 Å². The van der Waals surface area contributed by atoms with Crippen molar-refractivity contribution in [2.75, 3.05) is 7.11 Å². The average Bonchev–Trinajstić information content (AvgIpc) is 3.54. The zero-order chi connectivity index (χ0) is 27.5. The number of benzene rings is 3. The molecule has 39 heavy (non-hydrogen) atoms. The van der Waals surface area contributed by atoms with Gasteiger partial charge in [0.2, 0.25) is 0 Å². The highest BCUT2D eigenvalue weighted by Gasteiger charge is 2.46. The lowest BCUT2D eigenvalue weighted by Gasteiger charge is -2.25. The van der Waals surface area contributed by atoms with Gasteiger partial charge in [0.1, 0.15) is 29.6 Å². The molecule has 7 nitrogen and oxygen atoms in total. The fourth-order valence-corrected chi connectivity index (χ4v) is 5.02. The van der Waals surface area contributed by atoms with Crippen LogP contribution in [0.1, 0.15) is 39.6 Å². The van der Waals surface area contributed by atoms with Gasteiger partial charge in [-0.3, -0.25) is 9.59 Å². The van der Waals surface area contributed by atoms with Crippen molar-refractivity contribution in [3.8, 4) is 11.5 Å². The van der Waals surface area contributed by atoms with Crippen LogP contribution in [-0.2, 0) is 22.7 Å². The van der Waals surface area contributed by atoms with E-state index in [1.54, 1.807) is 30.3 Å². The molecule has 1 unspecified atom stereocenters. The highest BCUT2D eigenvalue weighted by atomic mass is 16.5. The Kier molecular flexibility index (Phi) is 7.23. The number of hydrogen-bond donors (Lipinski definition) is 1. The molecule has 0 bridgehead atoms. The Morgan fingerprint density at radius 2 is 1.77 bits per heavy atom. The Balaban J connectivity index is 1.61. The van der Waals surface area contributed by atoms with Crippen molar-refractivity contribution in [2.24, 2.45) is 0 Å². The SMILES string of the molecule is COc1c(C)cc(C)cc1/C(O)=C1\C(=O)C(=O)N(Cc2ccco2)C1c1cccc(OCc2ccccc2)c1. The molecule has 0 radical (unpaired) electrons. The van der Waals surface area contributed by atoms with E-state index in [-0.39, 0.29) is 17.9 Å². The number of hydrogen-bond acceptors (Lipinski definition) is 6. The number of furan rings is 1. The van der Waals surface area contributed by atoms with Gasteiger partial charge in [-0.25, -0.2) is 0 Å². The third-order valence-corrected chi connectivity index (χ3v) is 6.75. The van der Waals surface area contributed by atoms with Gasteiger partial charge in [-0.1, -0.05) is 48.5 Å². The minimum Gasteiger partial charge on any atom is -0.507 e. The molecule has 1 N–H and O–H groups in total. The van der Waals surface area contributed by atoms with Crippen LogP contribution >= 0.6 is 0 Å². The smallest absolute Gasteiger partial charge is 0.296 e. The van der Waals surface area contributed by atoms with E-state index in [0.717, 1.165) is 16.7 Å². The number of ketones is 1. The molecule has 198 valence electrons. The number of aryl methyl sites for hydroxylation is 2. The molecule has 3 aromatic carbocycles. The standard InChI is InChI=1S/C32H29NO6/c1-20-15-21(2)31(37-3)26(16-20)29(34)27-28(33(32(36)30(27)35)18-25-13-8-14-38-25)23-11-7-12-24(17-23)39-19-22-9-5-4-6-10-22/h4-17,28,34H,18-19H2,1-3H3/b29-27+. The van der Waals surface area contributed by atoms with Crippen molar-refractivity contribution in [1.29, 1.82) is 0 Å². The van der Waals surface area contributed by atoms with Gasteiger partial charge in [0.05, 0.1) is 37.1 Å². The number of carbonyl (C=O) groups excluding carboxylic acids is 2. The summed E-state index contributed by atoms with van der Waals surface area (Å²) in [5, 5.41) is 11.6. The van der Waals surface area contributed by atoms with Gasteiger partial charge in [-0.15, -0.1) is 0 Å². The quantitative estimate of drug-likeness (QED) is 0.170. The summed E-state index contributed by atoms with van der Waals surface area (Å²) >= 11 is 0. The van der Waals surface area contributed by atoms with Gasteiger partial charge >= 0.3 is 0 Å². The predicted molar refractivity (Wildman–Crippen MR) is 146 cm³/mol. The van der Waals surface area contributed by atoms with E-state index in [0.29, 0.717) is 35.0 Å². The maximum atomic E-state index is 13.5. The van der Waals surface area contributed by atoms with Crippen LogP contribution in [0.4, 0.5) is 0 Å². The second kappa shape index (κ2) is 10.9. The van der Waals surface area contributed by atoms with Crippen molar-refractivity contribution in [2.45, 2.75) is 33.0 Å². The van der Waals surface area contributed by atoms with Gasteiger partial charge in [-0.2, -0.15) is 0 Å². The molecule has 1 aromatic heterocycles. The number of aliphatic hydroxyl groups excluding tert-OH is 1. The Morgan fingerprint density at radius 3 is 2.49 bits per heavy atom. The molecule has 4 aromatic rings. The van der Waals surface area contributed by atoms with Gasteiger partial charge < -0.3 is 23.9 Å². The number of nitrogens with zero attached hydrogens (tertiary/aromatic N) is 1.